The summed E-state index contributed by atoms with van der Waals surface area (Å²) in [6, 6.07) is 3.84. The van der Waals surface area contributed by atoms with Gasteiger partial charge in [0.2, 0.25) is 0 Å². The van der Waals surface area contributed by atoms with E-state index < -0.39 is 0 Å². The molecule has 2 rings (SSSR count). The van der Waals surface area contributed by atoms with Crippen LogP contribution in [-0.2, 0) is 6.54 Å². The minimum Gasteiger partial charge on any atom is -0.396 e. The number of thioether (sulfide) groups is 1. The average Bonchev–Trinajstić information content (AvgIpc) is 2.36. The minimum absolute atomic E-state index is 0.475. The van der Waals surface area contributed by atoms with Crippen LogP contribution in [0.3, 0.4) is 0 Å². The van der Waals surface area contributed by atoms with Crippen molar-refractivity contribution < 1.29 is 0 Å². The van der Waals surface area contributed by atoms with Gasteiger partial charge in [-0.3, -0.25) is 4.90 Å². The lowest BCUT2D eigenvalue weighted by molar-refractivity contribution is 0.273. The molecule has 1 aromatic carbocycles. The molecule has 1 heterocycles. The first-order chi connectivity index (χ1) is 8.60. The Labute approximate surface area is 123 Å². The van der Waals surface area contributed by atoms with Gasteiger partial charge in [0.1, 0.15) is 0 Å². The molecule has 2 N–H and O–H groups in total. The van der Waals surface area contributed by atoms with Gasteiger partial charge in [0.15, 0.2) is 0 Å². The SMILES string of the molecule is CCC1CN(Cc2cc(Cl)c(N)c(Cl)c2)CCS1. The minimum atomic E-state index is 0.475. The predicted octanol–water partition coefficient (Wildman–Crippen LogP) is 3.90. The summed E-state index contributed by atoms with van der Waals surface area (Å²) in [6.07, 6.45) is 1.23. The molecule has 1 aliphatic rings. The summed E-state index contributed by atoms with van der Waals surface area (Å²) in [5, 5.41) is 1.85. The van der Waals surface area contributed by atoms with Crippen LogP contribution in [0.2, 0.25) is 10.0 Å². The fourth-order valence-corrected chi connectivity index (χ4v) is 3.94. The number of nitrogen functional groups attached to an aromatic ring is 1. The highest BCUT2D eigenvalue weighted by Gasteiger charge is 2.19. The molecule has 2 nitrogen and oxygen atoms in total. The summed E-state index contributed by atoms with van der Waals surface area (Å²) in [4.78, 5) is 2.46. The molecular formula is C13H18Cl2N2S. The molecule has 0 saturated carbocycles. The van der Waals surface area contributed by atoms with Crippen LogP contribution in [0.4, 0.5) is 5.69 Å². The fraction of sp³-hybridized carbons (Fsp3) is 0.538. The molecule has 0 amide bonds. The Morgan fingerprint density at radius 3 is 2.67 bits per heavy atom. The van der Waals surface area contributed by atoms with Crippen LogP contribution in [0.25, 0.3) is 0 Å². The van der Waals surface area contributed by atoms with E-state index in [4.69, 9.17) is 28.9 Å². The van der Waals surface area contributed by atoms with Gasteiger partial charge in [0, 0.05) is 30.6 Å². The topological polar surface area (TPSA) is 29.3 Å². The lowest BCUT2D eigenvalue weighted by Crippen LogP contribution is -2.37. The molecule has 1 atom stereocenters. The van der Waals surface area contributed by atoms with Crippen LogP contribution in [0.1, 0.15) is 18.9 Å². The standard InChI is InChI=1S/C13H18Cl2N2S/c1-2-10-8-17(3-4-18-10)7-9-5-11(14)13(16)12(15)6-9/h5-6,10H,2-4,7-8,16H2,1H3. The van der Waals surface area contributed by atoms with Crippen molar-refractivity contribution in [2.75, 3.05) is 24.6 Å². The second kappa shape index (κ2) is 6.38. The number of hydrogen-bond donors (Lipinski definition) is 1. The van der Waals surface area contributed by atoms with Gasteiger partial charge in [-0.25, -0.2) is 0 Å². The molecule has 1 fully saturated rings. The normalized spacial score (nSPS) is 21.2. The maximum absolute atomic E-state index is 6.06. The van der Waals surface area contributed by atoms with E-state index >= 15 is 0 Å². The number of nitrogens with two attached hydrogens (primary N) is 1. The van der Waals surface area contributed by atoms with E-state index in [1.807, 2.05) is 12.1 Å². The van der Waals surface area contributed by atoms with Gasteiger partial charge in [0.25, 0.3) is 0 Å². The molecule has 0 bridgehead atoms. The van der Waals surface area contributed by atoms with Gasteiger partial charge >= 0.3 is 0 Å². The molecule has 5 heteroatoms. The third-order valence-electron chi connectivity index (χ3n) is 3.22. The molecule has 1 unspecified atom stereocenters. The smallest absolute Gasteiger partial charge is 0.0693 e. The zero-order valence-corrected chi connectivity index (χ0v) is 12.8. The number of anilines is 1. The quantitative estimate of drug-likeness (QED) is 0.859. The van der Waals surface area contributed by atoms with E-state index in [0.717, 1.165) is 30.4 Å². The first-order valence-electron chi connectivity index (χ1n) is 6.17. The van der Waals surface area contributed by atoms with Crippen molar-refractivity contribution in [3.63, 3.8) is 0 Å². The highest BCUT2D eigenvalue weighted by Crippen LogP contribution is 2.30. The lowest BCUT2D eigenvalue weighted by Gasteiger charge is -2.32. The van der Waals surface area contributed by atoms with Crippen molar-refractivity contribution >= 4 is 40.7 Å². The van der Waals surface area contributed by atoms with E-state index in [0.29, 0.717) is 15.7 Å². The van der Waals surface area contributed by atoms with Crippen LogP contribution >= 0.6 is 35.0 Å². The first-order valence-corrected chi connectivity index (χ1v) is 7.98. The second-order valence-electron chi connectivity index (χ2n) is 4.61. The summed E-state index contributed by atoms with van der Waals surface area (Å²) in [7, 11) is 0. The van der Waals surface area contributed by atoms with Gasteiger partial charge in [0.05, 0.1) is 15.7 Å². The molecule has 0 aliphatic carbocycles. The van der Waals surface area contributed by atoms with Gasteiger partial charge in [-0.2, -0.15) is 11.8 Å². The van der Waals surface area contributed by atoms with Crippen LogP contribution < -0.4 is 5.73 Å². The Balaban J connectivity index is 2.05. The first kappa shape index (κ1) is 14.3. The van der Waals surface area contributed by atoms with Gasteiger partial charge in [-0.05, 0) is 24.1 Å². The predicted molar refractivity (Wildman–Crippen MR) is 82.7 cm³/mol. The highest BCUT2D eigenvalue weighted by molar-refractivity contribution is 8.00. The summed E-state index contributed by atoms with van der Waals surface area (Å²) in [6.45, 7) is 5.41. The highest BCUT2D eigenvalue weighted by atomic mass is 35.5. The Morgan fingerprint density at radius 2 is 2.06 bits per heavy atom. The number of rotatable bonds is 3. The van der Waals surface area contributed by atoms with Crippen molar-refractivity contribution in [2.45, 2.75) is 25.1 Å². The summed E-state index contributed by atoms with van der Waals surface area (Å²) < 4.78 is 0. The number of benzene rings is 1. The molecule has 1 aromatic rings. The van der Waals surface area contributed by atoms with E-state index in [1.165, 1.54) is 12.2 Å². The molecule has 100 valence electrons. The van der Waals surface area contributed by atoms with Crippen LogP contribution in [0.5, 0.6) is 0 Å². The lowest BCUT2D eigenvalue weighted by atomic mass is 10.2. The maximum atomic E-state index is 6.06. The summed E-state index contributed by atoms with van der Waals surface area (Å²) >= 11 is 14.2. The third-order valence-corrected chi connectivity index (χ3v) is 5.22. The van der Waals surface area contributed by atoms with Crippen LogP contribution in [0.15, 0.2) is 12.1 Å². The monoisotopic (exact) mass is 304 g/mol. The number of nitrogens with zero attached hydrogens (tertiary/aromatic N) is 1. The molecule has 0 radical (unpaired) electrons. The summed E-state index contributed by atoms with van der Waals surface area (Å²) in [5.41, 5.74) is 7.36. The second-order valence-corrected chi connectivity index (χ2v) is 6.83. The van der Waals surface area contributed by atoms with Gasteiger partial charge < -0.3 is 5.73 Å². The molecule has 18 heavy (non-hydrogen) atoms. The Bertz CT molecular complexity index is 402. The number of hydrogen-bond acceptors (Lipinski definition) is 3. The Kier molecular flexibility index (Phi) is 5.07. The maximum Gasteiger partial charge on any atom is 0.0693 e. The van der Waals surface area contributed by atoms with Gasteiger partial charge in [-0.15, -0.1) is 0 Å². The molecule has 1 saturated heterocycles. The van der Waals surface area contributed by atoms with Crippen molar-refractivity contribution in [2.24, 2.45) is 0 Å². The third kappa shape index (κ3) is 3.47. The van der Waals surface area contributed by atoms with Crippen LogP contribution in [0, 0.1) is 0 Å². The van der Waals surface area contributed by atoms with E-state index in [9.17, 15) is 0 Å². The number of halogens is 2. The van der Waals surface area contributed by atoms with Gasteiger partial charge in [-0.1, -0.05) is 30.1 Å². The Hall–Kier alpha value is -0.0900. The molecule has 0 aromatic heterocycles. The van der Waals surface area contributed by atoms with E-state index in [2.05, 4.69) is 23.6 Å². The molecule has 1 aliphatic heterocycles. The molecule has 0 spiro atoms. The average molecular weight is 305 g/mol. The van der Waals surface area contributed by atoms with Crippen LogP contribution in [-0.4, -0.2) is 29.0 Å². The van der Waals surface area contributed by atoms with Crippen molar-refractivity contribution in [3.05, 3.63) is 27.7 Å². The molecular weight excluding hydrogens is 287 g/mol. The van der Waals surface area contributed by atoms with Crippen molar-refractivity contribution in [1.29, 1.82) is 0 Å². The largest absolute Gasteiger partial charge is 0.396 e. The summed E-state index contributed by atoms with van der Waals surface area (Å²) in [5.74, 6) is 1.20. The van der Waals surface area contributed by atoms with E-state index in [-0.39, 0.29) is 0 Å². The van der Waals surface area contributed by atoms with E-state index in [1.54, 1.807) is 0 Å². The zero-order chi connectivity index (χ0) is 13.1. The zero-order valence-electron chi connectivity index (χ0n) is 10.5. The Morgan fingerprint density at radius 1 is 1.39 bits per heavy atom. The fourth-order valence-electron chi connectivity index (χ4n) is 2.16. The van der Waals surface area contributed by atoms with Crippen molar-refractivity contribution in [3.8, 4) is 0 Å². The van der Waals surface area contributed by atoms with Crippen molar-refractivity contribution in [1.82, 2.24) is 4.90 Å².